The number of hydrogen-bond donors (Lipinski definition) is 1. The minimum atomic E-state index is -3.24. The first kappa shape index (κ1) is 14.8. The van der Waals surface area contributed by atoms with Crippen molar-refractivity contribution in [1.82, 2.24) is 0 Å². The lowest BCUT2D eigenvalue weighted by molar-refractivity contribution is 0.602. The van der Waals surface area contributed by atoms with Crippen LogP contribution >= 0.6 is 11.6 Å². The molecule has 0 unspecified atom stereocenters. The zero-order valence-electron chi connectivity index (χ0n) is 10.7. The molecule has 0 atom stereocenters. The molecule has 0 spiro atoms. The average Bonchev–Trinajstić information content (AvgIpc) is 2.37. The van der Waals surface area contributed by atoms with Crippen molar-refractivity contribution in [1.29, 1.82) is 0 Å². The number of benzene rings is 2. The maximum absolute atomic E-state index is 12.9. The van der Waals surface area contributed by atoms with Gasteiger partial charge in [0.25, 0.3) is 0 Å². The summed E-state index contributed by atoms with van der Waals surface area (Å²) in [4.78, 5) is 0.243. The van der Waals surface area contributed by atoms with E-state index in [9.17, 15) is 12.8 Å². The standard InChI is InChI=1S/C14H13ClFNO2S/c1-20(18,19)13-4-2-3-12(8-13)17-9-10-5-6-11(16)7-14(10)15/h2-8,17H,9H2,1H3. The molecule has 0 heterocycles. The maximum Gasteiger partial charge on any atom is 0.175 e. The van der Waals surface area contributed by atoms with Gasteiger partial charge in [0.05, 0.1) is 4.90 Å². The number of rotatable bonds is 4. The fourth-order valence-corrected chi connectivity index (χ4v) is 2.60. The van der Waals surface area contributed by atoms with Crippen LogP contribution in [0.15, 0.2) is 47.4 Å². The summed E-state index contributed by atoms with van der Waals surface area (Å²) in [6.07, 6.45) is 1.16. The molecule has 0 amide bonds. The molecule has 0 radical (unpaired) electrons. The topological polar surface area (TPSA) is 46.2 Å². The van der Waals surface area contributed by atoms with Gasteiger partial charge in [-0.1, -0.05) is 23.7 Å². The maximum atomic E-state index is 12.9. The Morgan fingerprint density at radius 1 is 1.20 bits per heavy atom. The fraction of sp³-hybridized carbons (Fsp3) is 0.143. The third-order valence-corrected chi connectivity index (χ3v) is 4.22. The van der Waals surface area contributed by atoms with Crippen molar-refractivity contribution < 1.29 is 12.8 Å². The third-order valence-electron chi connectivity index (χ3n) is 2.76. The highest BCUT2D eigenvalue weighted by Gasteiger charge is 2.07. The molecule has 20 heavy (non-hydrogen) atoms. The van der Waals surface area contributed by atoms with Gasteiger partial charge < -0.3 is 5.32 Å². The van der Waals surface area contributed by atoms with Gasteiger partial charge in [-0.05, 0) is 35.9 Å². The highest BCUT2D eigenvalue weighted by molar-refractivity contribution is 7.90. The number of hydrogen-bond acceptors (Lipinski definition) is 3. The van der Waals surface area contributed by atoms with E-state index in [0.29, 0.717) is 17.3 Å². The van der Waals surface area contributed by atoms with E-state index in [4.69, 9.17) is 11.6 Å². The van der Waals surface area contributed by atoms with Crippen molar-refractivity contribution in [2.45, 2.75) is 11.4 Å². The second-order valence-corrected chi connectivity index (χ2v) is 6.81. The predicted octanol–water partition coefficient (Wildman–Crippen LogP) is 3.49. The van der Waals surface area contributed by atoms with Gasteiger partial charge in [-0.25, -0.2) is 12.8 Å². The molecule has 2 aromatic rings. The first-order chi connectivity index (χ1) is 9.36. The van der Waals surface area contributed by atoms with Gasteiger partial charge >= 0.3 is 0 Å². The van der Waals surface area contributed by atoms with Crippen molar-refractivity contribution >= 4 is 27.1 Å². The molecule has 0 aliphatic carbocycles. The minimum absolute atomic E-state index is 0.243. The Kier molecular flexibility index (Phi) is 4.30. The average molecular weight is 314 g/mol. The second kappa shape index (κ2) is 5.81. The molecule has 0 saturated heterocycles. The zero-order valence-corrected chi connectivity index (χ0v) is 12.3. The highest BCUT2D eigenvalue weighted by atomic mass is 35.5. The SMILES string of the molecule is CS(=O)(=O)c1cccc(NCc2ccc(F)cc2Cl)c1. The largest absolute Gasteiger partial charge is 0.381 e. The van der Waals surface area contributed by atoms with Crippen molar-refractivity contribution in [3.8, 4) is 0 Å². The molecular weight excluding hydrogens is 301 g/mol. The molecule has 2 rings (SSSR count). The summed E-state index contributed by atoms with van der Waals surface area (Å²) in [5.41, 5.74) is 1.39. The second-order valence-electron chi connectivity index (χ2n) is 4.39. The number of nitrogens with one attached hydrogen (secondary N) is 1. The number of halogens is 2. The predicted molar refractivity (Wildman–Crippen MR) is 78.3 cm³/mol. The first-order valence-electron chi connectivity index (χ1n) is 5.84. The van der Waals surface area contributed by atoms with Crippen LogP contribution in [0.5, 0.6) is 0 Å². The lowest BCUT2D eigenvalue weighted by Crippen LogP contribution is -2.02. The third kappa shape index (κ3) is 3.71. The summed E-state index contributed by atoms with van der Waals surface area (Å²) in [6, 6.07) is 10.7. The Balaban J connectivity index is 2.15. The molecule has 0 aromatic heterocycles. The van der Waals surface area contributed by atoms with Crippen molar-refractivity contribution in [2.24, 2.45) is 0 Å². The summed E-state index contributed by atoms with van der Waals surface area (Å²) >= 11 is 5.92. The van der Waals surface area contributed by atoms with Gasteiger partial charge in [-0.2, -0.15) is 0 Å². The Morgan fingerprint density at radius 3 is 2.60 bits per heavy atom. The Hall–Kier alpha value is -1.59. The lowest BCUT2D eigenvalue weighted by Gasteiger charge is -2.09. The molecule has 1 N–H and O–H groups in total. The molecule has 2 aromatic carbocycles. The molecule has 106 valence electrons. The minimum Gasteiger partial charge on any atom is -0.381 e. The Bertz CT molecular complexity index is 732. The molecular formula is C14H13ClFNO2S. The van der Waals surface area contributed by atoms with E-state index in [0.717, 1.165) is 11.8 Å². The van der Waals surface area contributed by atoms with Crippen molar-refractivity contribution in [3.63, 3.8) is 0 Å². The van der Waals surface area contributed by atoms with Crippen LogP contribution in [0.4, 0.5) is 10.1 Å². The van der Waals surface area contributed by atoms with E-state index in [1.165, 1.54) is 18.2 Å². The van der Waals surface area contributed by atoms with Gasteiger partial charge in [-0.3, -0.25) is 0 Å². The van der Waals surface area contributed by atoms with Crippen molar-refractivity contribution in [2.75, 3.05) is 11.6 Å². The van der Waals surface area contributed by atoms with Crippen LogP contribution in [-0.4, -0.2) is 14.7 Å². The molecule has 0 bridgehead atoms. The van der Waals surface area contributed by atoms with E-state index in [2.05, 4.69) is 5.32 Å². The van der Waals surface area contributed by atoms with Gasteiger partial charge in [0.1, 0.15) is 5.82 Å². The van der Waals surface area contributed by atoms with Crippen LogP contribution in [-0.2, 0) is 16.4 Å². The van der Waals surface area contributed by atoms with E-state index >= 15 is 0 Å². The summed E-state index contributed by atoms with van der Waals surface area (Å²) in [6.45, 7) is 0.381. The normalized spacial score (nSPS) is 11.3. The van der Waals surface area contributed by atoms with Crippen molar-refractivity contribution in [3.05, 3.63) is 58.9 Å². The number of sulfone groups is 1. The molecule has 3 nitrogen and oxygen atoms in total. The van der Waals surface area contributed by atoms with Gasteiger partial charge in [0, 0.05) is 23.5 Å². The monoisotopic (exact) mass is 313 g/mol. The van der Waals surface area contributed by atoms with Crippen LogP contribution in [0.3, 0.4) is 0 Å². The van der Waals surface area contributed by atoms with Crippen LogP contribution in [0.2, 0.25) is 5.02 Å². The van der Waals surface area contributed by atoms with E-state index in [-0.39, 0.29) is 4.90 Å². The quantitative estimate of drug-likeness (QED) is 0.939. The van der Waals surface area contributed by atoms with E-state index < -0.39 is 15.7 Å². The van der Waals surface area contributed by atoms with E-state index in [1.807, 2.05) is 0 Å². The van der Waals surface area contributed by atoms with Crippen LogP contribution in [0, 0.1) is 5.82 Å². The van der Waals surface area contributed by atoms with E-state index in [1.54, 1.807) is 24.3 Å². The molecule has 6 heteroatoms. The Morgan fingerprint density at radius 2 is 1.95 bits per heavy atom. The lowest BCUT2D eigenvalue weighted by atomic mass is 10.2. The van der Waals surface area contributed by atoms with Crippen LogP contribution in [0.25, 0.3) is 0 Å². The number of anilines is 1. The van der Waals surface area contributed by atoms with Crippen LogP contribution in [0.1, 0.15) is 5.56 Å². The molecule has 0 aliphatic heterocycles. The molecule has 0 fully saturated rings. The van der Waals surface area contributed by atoms with Gasteiger partial charge in [0.15, 0.2) is 9.84 Å². The molecule has 0 saturated carbocycles. The highest BCUT2D eigenvalue weighted by Crippen LogP contribution is 2.20. The summed E-state index contributed by atoms with van der Waals surface area (Å²) < 4.78 is 35.8. The molecule has 0 aliphatic rings. The fourth-order valence-electron chi connectivity index (χ4n) is 1.70. The zero-order chi connectivity index (χ0) is 14.8. The first-order valence-corrected chi connectivity index (χ1v) is 8.11. The van der Waals surface area contributed by atoms with Crippen LogP contribution < -0.4 is 5.32 Å². The van der Waals surface area contributed by atoms with Gasteiger partial charge in [0.2, 0.25) is 0 Å². The smallest absolute Gasteiger partial charge is 0.175 e. The summed E-state index contributed by atoms with van der Waals surface area (Å²) in [7, 11) is -3.24. The summed E-state index contributed by atoms with van der Waals surface area (Å²) in [5.74, 6) is -0.391. The Labute approximate surface area is 122 Å². The summed E-state index contributed by atoms with van der Waals surface area (Å²) in [5, 5.41) is 3.39. The van der Waals surface area contributed by atoms with Gasteiger partial charge in [-0.15, -0.1) is 0 Å².